The lowest BCUT2D eigenvalue weighted by Crippen LogP contribution is -1.86. The lowest BCUT2D eigenvalue weighted by molar-refractivity contribution is 0.419. The van der Waals surface area contributed by atoms with Gasteiger partial charge >= 0.3 is 0 Å². The summed E-state index contributed by atoms with van der Waals surface area (Å²) in [6.45, 7) is 1.61. The average molecular weight is 237 g/mol. The summed E-state index contributed by atoms with van der Waals surface area (Å²) in [4.78, 5) is 0. The Labute approximate surface area is 86.2 Å². The first-order chi connectivity index (χ1) is 6.16. The van der Waals surface area contributed by atoms with Crippen molar-refractivity contribution in [2.24, 2.45) is 0 Å². The number of halogens is 1. The maximum atomic E-state index is 9.26. The van der Waals surface area contributed by atoms with E-state index in [1.54, 1.807) is 6.92 Å². The zero-order valence-corrected chi connectivity index (χ0v) is 8.80. The van der Waals surface area contributed by atoms with E-state index in [9.17, 15) is 5.11 Å². The number of hydrogen-bond acceptors (Lipinski definition) is 1. The van der Waals surface area contributed by atoms with Gasteiger partial charge < -0.3 is 5.11 Å². The molecule has 1 nitrogen and oxygen atoms in total. The molecule has 0 unspecified atom stereocenters. The molecule has 0 heterocycles. The van der Waals surface area contributed by atoms with Gasteiger partial charge in [0, 0.05) is 11.1 Å². The molecular weight excluding hydrogens is 228 g/mol. The largest absolute Gasteiger partial charge is 0.511 e. The van der Waals surface area contributed by atoms with Crippen LogP contribution in [0.15, 0.2) is 30.0 Å². The first-order valence-corrected chi connectivity index (χ1v) is 4.57. The maximum absolute atomic E-state index is 9.26. The van der Waals surface area contributed by atoms with Crippen molar-refractivity contribution in [3.05, 3.63) is 41.2 Å². The molecule has 0 aliphatic carbocycles. The van der Waals surface area contributed by atoms with E-state index in [1.807, 2.05) is 24.3 Å². The SMILES string of the molecule is C#Cc1ccccc1/C(Br)=C(\C)O. The van der Waals surface area contributed by atoms with E-state index in [1.165, 1.54) is 0 Å². The van der Waals surface area contributed by atoms with Gasteiger partial charge in [0.05, 0.1) is 4.48 Å². The molecule has 2 heteroatoms. The van der Waals surface area contributed by atoms with Gasteiger partial charge in [-0.2, -0.15) is 0 Å². The fourth-order valence-corrected chi connectivity index (χ4v) is 1.34. The van der Waals surface area contributed by atoms with Crippen LogP contribution in [0.3, 0.4) is 0 Å². The van der Waals surface area contributed by atoms with E-state index in [-0.39, 0.29) is 5.76 Å². The zero-order valence-electron chi connectivity index (χ0n) is 7.21. The molecule has 0 fully saturated rings. The van der Waals surface area contributed by atoms with Gasteiger partial charge in [-0.3, -0.25) is 0 Å². The minimum atomic E-state index is 0.225. The Morgan fingerprint density at radius 2 is 2.08 bits per heavy atom. The standard InChI is InChI=1S/C11H9BrO/c1-3-9-6-4-5-7-10(9)11(12)8(2)13/h1,4-7,13H,2H3/b11-8-. The van der Waals surface area contributed by atoms with E-state index in [0.717, 1.165) is 11.1 Å². The topological polar surface area (TPSA) is 20.2 Å². The number of terminal acetylenes is 1. The van der Waals surface area contributed by atoms with Crippen molar-refractivity contribution in [2.45, 2.75) is 6.92 Å². The van der Waals surface area contributed by atoms with Gasteiger partial charge in [0.25, 0.3) is 0 Å². The summed E-state index contributed by atoms with van der Waals surface area (Å²) in [6.07, 6.45) is 5.31. The van der Waals surface area contributed by atoms with Crippen molar-refractivity contribution in [1.82, 2.24) is 0 Å². The third-order valence-electron chi connectivity index (χ3n) is 1.64. The Kier molecular flexibility index (Phi) is 3.16. The summed E-state index contributed by atoms with van der Waals surface area (Å²) in [5, 5.41) is 9.26. The Bertz CT molecular complexity index is 381. The molecular formula is C11H9BrO. The Morgan fingerprint density at radius 3 is 2.62 bits per heavy atom. The third kappa shape index (κ3) is 2.13. The first kappa shape index (κ1) is 9.88. The van der Waals surface area contributed by atoms with Crippen LogP contribution in [0, 0.1) is 12.3 Å². The highest BCUT2D eigenvalue weighted by molar-refractivity contribution is 9.15. The van der Waals surface area contributed by atoms with Gasteiger partial charge in [0.15, 0.2) is 0 Å². The van der Waals surface area contributed by atoms with Gasteiger partial charge in [-0.25, -0.2) is 0 Å². The molecule has 66 valence electrons. The molecule has 0 aromatic heterocycles. The second-order valence-electron chi connectivity index (χ2n) is 2.59. The van der Waals surface area contributed by atoms with Gasteiger partial charge in [-0.1, -0.05) is 24.1 Å². The predicted molar refractivity (Wildman–Crippen MR) is 58.5 cm³/mol. The number of benzene rings is 1. The van der Waals surface area contributed by atoms with Crippen LogP contribution in [-0.4, -0.2) is 5.11 Å². The number of rotatable bonds is 1. The van der Waals surface area contributed by atoms with Crippen LogP contribution in [0.1, 0.15) is 18.1 Å². The van der Waals surface area contributed by atoms with E-state index < -0.39 is 0 Å². The van der Waals surface area contributed by atoms with E-state index in [4.69, 9.17) is 6.42 Å². The zero-order chi connectivity index (χ0) is 9.84. The van der Waals surface area contributed by atoms with Crippen molar-refractivity contribution >= 4 is 20.4 Å². The van der Waals surface area contributed by atoms with Crippen LogP contribution in [0.4, 0.5) is 0 Å². The molecule has 1 aromatic carbocycles. The second-order valence-corrected chi connectivity index (χ2v) is 3.38. The molecule has 0 atom stereocenters. The van der Waals surface area contributed by atoms with Crippen LogP contribution in [0.25, 0.3) is 4.48 Å². The van der Waals surface area contributed by atoms with Crippen molar-refractivity contribution in [3.63, 3.8) is 0 Å². The second kappa shape index (κ2) is 4.15. The summed E-state index contributed by atoms with van der Waals surface area (Å²) < 4.78 is 0.640. The van der Waals surface area contributed by atoms with Crippen LogP contribution in [0.2, 0.25) is 0 Å². The molecule has 0 saturated carbocycles. The van der Waals surface area contributed by atoms with Crippen molar-refractivity contribution in [1.29, 1.82) is 0 Å². The van der Waals surface area contributed by atoms with Crippen LogP contribution in [0.5, 0.6) is 0 Å². The summed E-state index contributed by atoms with van der Waals surface area (Å²) in [7, 11) is 0. The Balaban J connectivity index is 3.32. The summed E-state index contributed by atoms with van der Waals surface area (Å²) >= 11 is 3.28. The molecule has 13 heavy (non-hydrogen) atoms. The molecule has 0 bridgehead atoms. The number of allylic oxidation sites excluding steroid dienone is 1. The van der Waals surface area contributed by atoms with E-state index in [0.29, 0.717) is 4.48 Å². The first-order valence-electron chi connectivity index (χ1n) is 3.78. The summed E-state index contributed by atoms with van der Waals surface area (Å²) in [5.41, 5.74) is 1.60. The smallest absolute Gasteiger partial charge is 0.104 e. The molecule has 0 saturated heterocycles. The molecule has 1 N–H and O–H groups in total. The van der Waals surface area contributed by atoms with Gasteiger partial charge in [0.2, 0.25) is 0 Å². The minimum absolute atomic E-state index is 0.225. The van der Waals surface area contributed by atoms with Gasteiger partial charge in [0.1, 0.15) is 5.76 Å². The highest BCUT2D eigenvalue weighted by Gasteiger charge is 2.04. The molecule has 1 aromatic rings. The monoisotopic (exact) mass is 236 g/mol. The maximum Gasteiger partial charge on any atom is 0.104 e. The fourth-order valence-electron chi connectivity index (χ4n) is 0.995. The van der Waals surface area contributed by atoms with E-state index in [2.05, 4.69) is 21.9 Å². The van der Waals surface area contributed by atoms with Gasteiger partial charge in [-0.15, -0.1) is 6.42 Å². The van der Waals surface area contributed by atoms with E-state index >= 15 is 0 Å². The predicted octanol–water partition coefficient (Wildman–Crippen LogP) is 3.31. The third-order valence-corrected chi connectivity index (χ3v) is 2.64. The van der Waals surface area contributed by atoms with Crippen LogP contribution in [-0.2, 0) is 0 Å². The molecule has 0 aliphatic heterocycles. The van der Waals surface area contributed by atoms with Crippen LogP contribution >= 0.6 is 15.9 Å². The molecule has 1 rings (SSSR count). The van der Waals surface area contributed by atoms with Crippen molar-refractivity contribution in [3.8, 4) is 12.3 Å². The fraction of sp³-hybridized carbons (Fsp3) is 0.0909. The minimum Gasteiger partial charge on any atom is -0.511 e. The Hall–Kier alpha value is -1.20. The summed E-state index contributed by atoms with van der Waals surface area (Å²) in [6, 6.07) is 7.44. The van der Waals surface area contributed by atoms with Crippen molar-refractivity contribution in [2.75, 3.05) is 0 Å². The number of aliphatic hydroxyl groups is 1. The normalized spacial score (nSPS) is 11.8. The molecule has 0 aliphatic rings. The number of aliphatic hydroxyl groups excluding tert-OH is 1. The lowest BCUT2D eigenvalue weighted by Gasteiger charge is -2.03. The number of hydrogen-bond donors (Lipinski definition) is 1. The molecule has 0 spiro atoms. The average Bonchev–Trinajstić information content (AvgIpc) is 2.16. The van der Waals surface area contributed by atoms with Crippen molar-refractivity contribution < 1.29 is 5.11 Å². The Morgan fingerprint density at radius 1 is 1.46 bits per heavy atom. The molecule has 0 radical (unpaired) electrons. The summed E-state index contributed by atoms with van der Waals surface area (Å²) in [5.74, 6) is 2.78. The lowest BCUT2D eigenvalue weighted by atomic mass is 10.1. The van der Waals surface area contributed by atoms with Crippen LogP contribution < -0.4 is 0 Å². The van der Waals surface area contributed by atoms with Gasteiger partial charge in [-0.05, 0) is 28.9 Å². The highest BCUT2D eigenvalue weighted by atomic mass is 79.9. The molecule has 0 amide bonds. The quantitative estimate of drug-likeness (QED) is 0.586. The highest BCUT2D eigenvalue weighted by Crippen LogP contribution is 2.26.